The number of rotatable bonds is 14. The molecule has 1 unspecified atom stereocenters. The monoisotopic (exact) mass is 1010 g/mol. The van der Waals surface area contributed by atoms with Gasteiger partial charge in [-0.1, -0.05) is 58.0 Å². The lowest BCUT2D eigenvalue weighted by Crippen LogP contribution is -2.62. The van der Waals surface area contributed by atoms with Crippen molar-refractivity contribution in [1.82, 2.24) is 20.4 Å². The van der Waals surface area contributed by atoms with Crippen LogP contribution in [0.3, 0.4) is 0 Å². The average molecular weight is 1010 g/mol. The van der Waals surface area contributed by atoms with Crippen LogP contribution in [0.5, 0.6) is 0 Å². The fourth-order valence-electron chi connectivity index (χ4n) is 12.1. The van der Waals surface area contributed by atoms with E-state index >= 15 is 0 Å². The van der Waals surface area contributed by atoms with Gasteiger partial charge >= 0.3 is 5.97 Å². The molecule has 71 heavy (non-hydrogen) atoms. The van der Waals surface area contributed by atoms with Crippen molar-refractivity contribution in [2.24, 2.45) is 23.7 Å². The topological polar surface area (TPSA) is 212 Å². The van der Waals surface area contributed by atoms with E-state index in [4.69, 9.17) is 23.7 Å². The summed E-state index contributed by atoms with van der Waals surface area (Å²) in [6.07, 6.45) is -4.41. The van der Waals surface area contributed by atoms with E-state index in [1.54, 1.807) is 41.5 Å². The van der Waals surface area contributed by atoms with Crippen LogP contribution < -0.4 is 10.6 Å². The number of amides is 1. The molecule has 4 heterocycles. The lowest BCUT2D eigenvalue weighted by molar-refractivity contribution is -0.302. The molecule has 0 aromatic heterocycles. The fraction of sp³-hybridized carbons (Fsp3) is 0.815. The van der Waals surface area contributed by atoms with E-state index in [0.29, 0.717) is 19.4 Å². The summed E-state index contributed by atoms with van der Waals surface area (Å²) in [5, 5.41) is 66.2. The summed E-state index contributed by atoms with van der Waals surface area (Å²) in [7, 11) is 5.16. The molecule has 0 spiro atoms. The smallest absolute Gasteiger partial charge is 0.309 e. The summed E-state index contributed by atoms with van der Waals surface area (Å²) in [5.41, 5.74) is -1.18. The van der Waals surface area contributed by atoms with Gasteiger partial charge in [-0.15, -0.1) is 0 Å². The molecule has 0 bridgehead atoms. The van der Waals surface area contributed by atoms with Gasteiger partial charge in [-0.3, -0.25) is 9.59 Å². The Morgan fingerprint density at radius 1 is 1.03 bits per heavy atom. The van der Waals surface area contributed by atoms with Crippen molar-refractivity contribution in [3.63, 3.8) is 0 Å². The fourth-order valence-corrected chi connectivity index (χ4v) is 12.1. The molecule has 0 saturated carbocycles. The Kier molecular flexibility index (Phi) is 21.1. The van der Waals surface area contributed by atoms with Gasteiger partial charge in [0.1, 0.15) is 36.7 Å². The van der Waals surface area contributed by atoms with Crippen LogP contribution in [0.1, 0.15) is 119 Å². The molecular weight excluding hydrogens is 916 g/mol. The minimum absolute atomic E-state index is 0.0490. The number of aliphatic hydroxyl groups excluding tert-OH is 3. The molecular formula is C54H91FN4O12. The van der Waals surface area contributed by atoms with Gasteiger partial charge in [0, 0.05) is 57.6 Å². The maximum atomic E-state index is 14.6. The number of likely N-dealkylation sites (N-methyl/N-ethyl adjacent to an activating group) is 2. The number of alkyl halides is 1. The van der Waals surface area contributed by atoms with Gasteiger partial charge in [0.2, 0.25) is 5.91 Å². The van der Waals surface area contributed by atoms with Crippen LogP contribution in [0.2, 0.25) is 0 Å². The van der Waals surface area contributed by atoms with Crippen molar-refractivity contribution < 1.29 is 63.2 Å². The molecule has 5 rings (SSSR count). The highest BCUT2D eigenvalue weighted by Crippen LogP contribution is 2.45. The number of esters is 1. The van der Waals surface area contributed by atoms with Crippen LogP contribution in [0.25, 0.3) is 5.57 Å². The minimum atomic E-state index is -1.83. The molecule has 3 fully saturated rings. The van der Waals surface area contributed by atoms with Crippen LogP contribution in [0, 0.1) is 23.7 Å². The van der Waals surface area contributed by atoms with Crippen LogP contribution in [-0.2, 0) is 39.7 Å². The van der Waals surface area contributed by atoms with Crippen molar-refractivity contribution in [3.8, 4) is 0 Å². The Hall–Kier alpha value is -2.65. The molecule has 7 N–H and O–H groups in total. The van der Waals surface area contributed by atoms with Crippen molar-refractivity contribution in [2.75, 3.05) is 54.1 Å². The minimum Gasteiger partial charge on any atom is -0.459 e. The van der Waals surface area contributed by atoms with Gasteiger partial charge in [-0.2, -0.15) is 0 Å². The van der Waals surface area contributed by atoms with Crippen molar-refractivity contribution in [2.45, 2.75) is 204 Å². The molecule has 4 aliphatic heterocycles. The molecule has 1 aromatic rings. The second kappa shape index (κ2) is 25.3. The molecule has 406 valence electrons. The Morgan fingerprint density at radius 2 is 1.70 bits per heavy atom. The molecule has 19 atom stereocenters. The molecule has 1 amide bonds. The zero-order valence-corrected chi connectivity index (χ0v) is 45.0. The first-order chi connectivity index (χ1) is 33.3. The highest BCUT2D eigenvalue weighted by molar-refractivity contribution is 5.76. The van der Waals surface area contributed by atoms with Crippen LogP contribution in [0.4, 0.5) is 4.39 Å². The lowest BCUT2D eigenvalue weighted by atomic mass is 9.68. The van der Waals surface area contributed by atoms with Crippen LogP contribution in [-0.4, -0.2) is 191 Å². The standard InChI is InChI=1S/C54H91FN4O12/c1-14-43-54(10,66)47(62)35(6)59(12)30-31(2)27-52(8,65)49(33(4)45(34(5)50(64)70-43)42-28-53(9,67-13)48(63)36(7)69-42)71-51-46(61)41(25-32(3)68-51)58(11)24-21-44(60)57-40(29-55)26-37-15-17-38(18-16-37)39-19-22-56-23-20-39/h15-19,31-36,40-43,45-49,51,56,61-63,65-66H,14,20-30H2,1-13H3,(H,57,60)/t31-,32-,33+,34-,35-,36+,40+,41+,42-,43-,45?,46-,47-,48+,49-,51+,52-,53-,54-/m1/s1. The van der Waals surface area contributed by atoms with Gasteiger partial charge in [0.05, 0.1) is 47.6 Å². The third-order valence-electron chi connectivity index (χ3n) is 16.6. The first kappa shape index (κ1) is 59.2. The third-order valence-corrected chi connectivity index (χ3v) is 16.6. The second-order valence-corrected chi connectivity index (χ2v) is 22.5. The van der Waals surface area contributed by atoms with Gasteiger partial charge in [-0.25, -0.2) is 4.39 Å². The zero-order valence-electron chi connectivity index (χ0n) is 45.0. The summed E-state index contributed by atoms with van der Waals surface area (Å²) in [6.45, 7) is 19.4. The summed E-state index contributed by atoms with van der Waals surface area (Å²) < 4.78 is 46.4. The van der Waals surface area contributed by atoms with E-state index in [9.17, 15) is 39.5 Å². The lowest BCUT2D eigenvalue weighted by Gasteiger charge is -2.51. The summed E-state index contributed by atoms with van der Waals surface area (Å²) >= 11 is 0. The van der Waals surface area contributed by atoms with Gasteiger partial charge in [0.25, 0.3) is 0 Å². The highest BCUT2D eigenvalue weighted by Gasteiger charge is 2.55. The van der Waals surface area contributed by atoms with E-state index in [1.165, 1.54) is 19.6 Å². The van der Waals surface area contributed by atoms with Gasteiger partial charge < -0.3 is 69.7 Å². The van der Waals surface area contributed by atoms with Crippen LogP contribution in [0.15, 0.2) is 30.3 Å². The number of ether oxygens (including phenoxy) is 5. The van der Waals surface area contributed by atoms with E-state index in [2.05, 4.69) is 16.7 Å². The largest absolute Gasteiger partial charge is 0.459 e. The number of nitrogens with zero attached hydrogens (tertiary/aromatic N) is 2. The predicted octanol–water partition coefficient (Wildman–Crippen LogP) is 4.01. The highest BCUT2D eigenvalue weighted by atomic mass is 19.1. The molecule has 17 heteroatoms. The summed E-state index contributed by atoms with van der Waals surface area (Å²) in [6, 6.07) is 6.25. The number of halogens is 1. The van der Waals surface area contributed by atoms with Crippen molar-refractivity contribution in [3.05, 3.63) is 41.5 Å². The van der Waals surface area contributed by atoms with E-state index < -0.39 is 120 Å². The van der Waals surface area contributed by atoms with Crippen molar-refractivity contribution in [1.29, 1.82) is 0 Å². The van der Waals surface area contributed by atoms with Crippen LogP contribution >= 0.6 is 0 Å². The number of methoxy groups -OCH3 is 1. The maximum Gasteiger partial charge on any atom is 0.309 e. The maximum absolute atomic E-state index is 14.6. The molecule has 4 aliphatic rings. The van der Waals surface area contributed by atoms with E-state index in [-0.39, 0.29) is 44.1 Å². The Labute approximate surface area is 423 Å². The second-order valence-electron chi connectivity index (χ2n) is 22.5. The zero-order chi connectivity index (χ0) is 52.7. The Morgan fingerprint density at radius 3 is 2.31 bits per heavy atom. The van der Waals surface area contributed by atoms with Gasteiger partial charge in [0.15, 0.2) is 6.29 Å². The Balaban J connectivity index is 1.40. The van der Waals surface area contributed by atoms with Gasteiger partial charge in [-0.05, 0) is 123 Å². The normalized spacial score (nSPS) is 41.0. The number of benzene rings is 1. The molecule has 1 aromatic carbocycles. The number of hydrogen-bond donors (Lipinski definition) is 7. The van der Waals surface area contributed by atoms with Crippen molar-refractivity contribution >= 4 is 17.4 Å². The molecule has 0 radical (unpaired) electrons. The molecule has 0 aliphatic carbocycles. The SMILES string of the molecule is CC[C@H]1OC(=O)[C@H](C)C([C@H]2C[C@@](C)(OC)[C@@H](O)[C@H](C)O2)[C@H](C)[C@@H](O[C@@H]2O[C@H](C)C[C@H](N(C)CCC(=O)N[C@H](CF)Cc3ccc(C4=CCNCC4)cc3)[C@H]2O)[C@](C)(O)C[C@@H](C)CN(C)[C@H](C)[C@@H](O)[C@]1(C)O. The summed E-state index contributed by atoms with van der Waals surface area (Å²) in [5.74, 6) is -3.61. The number of nitrogens with one attached hydrogen (secondary N) is 2. The quantitative estimate of drug-likeness (QED) is 0.131. The first-order valence-electron chi connectivity index (χ1n) is 26.2. The van der Waals surface area contributed by atoms with E-state index in [0.717, 1.165) is 30.6 Å². The number of cyclic esters (lactones) is 1. The molecule has 16 nitrogen and oxygen atoms in total. The Bertz CT molecular complexity index is 1890. The average Bonchev–Trinajstić information content (AvgIpc) is 3.33. The molecule has 3 saturated heterocycles. The number of carbonyl (C=O) groups is 2. The number of carbonyl (C=O) groups excluding carboxylic acids is 2. The first-order valence-corrected chi connectivity index (χ1v) is 26.2. The summed E-state index contributed by atoms with van der Waals surface area (Å²) in [4.78, 5) is 31.8. The number of aliphatic hydroxyl groups is 5. The predicted molar refractivity (Wildman–Crippen MR) is 270 cm³/mol. The third kappa shape index (κ3) is 14.4. The van der Waals surface area contributed by atoms with E-state index in [1.807, 2.05) is 68.9 Å². The number of hydrogen-bond acceptors (Lipinski definition) is 15.